The summed E-state index contributed by atoms with van der Waals surface area (Å²) >= 11 is 1.20. The Kier molecular flexibility index (Phi) is 5.89. The van der Waals surface area contributed by atoms with Crippen molar-refractivity contribution in [2.45, 2.75) is 38.0 Å². The van der Waals surface area contributed by atoms with E-state index in [2.05, 4.69) is 20.0 Å². The Bertz CT molecular complexity index is 832. The third-order valence-electron chi connectivity index (χ3n) is 3.15. The van der Waals surface area contributed by atoms with Crippen molar-refractivity contribution < 1.29 is 13.5 Å². The zero-order chi connectivity index (χ0) is 18.6. The summed E-state index contributed by atoms with van der Waals surface area (Å²) in [5.74, 6) is -0.0296. The van der Waals surface area contributed by atoms with Crippen LogP contribution in [0.1, 0.15) is 32.0 Å². The molecule has 0 spiro atoms. The van der Waals surface area contributed by atoms with Gasteiger partial charge < -0.3 is 4.74 Å². The van der Waals surface area contributed by atoms with Crippen LogP contribution >= 0.6 is 11.8 Å². The van der Waals surface area contributed by atoms with Gasteiger partial charge in [0.25, 0.3) is 5.56 Å². The molecule has 0 N–H and O–H groups in total. The molecule has 0 radical (unpaired) electrons. The molecule has 9 heteroatoms. The van der Waals surface area contributed by atoms with E-state index in [9.17, 15) is 13.6 Å². The molecule has 0 bridgehead atoms. The average molecular weight is 368 g/mol. The molecule has 0 saturated heterocycles. The van der Waals surface area contributed by atoms with Crippen molar-refractivity contribution >= 4 is 18.0 Å². The summed E-state index contributed by atoms with van der Waals surface area (Å²) in [6, 6.07) is 6.19. The first kappa shape index (κ1) is 19.0. The van der Waals surface area contributed by atoms with Crippen LogP contribution in [0.4, 0.5) is 8.78 Å². The van der Waals surface area contributed by atoms with Crippen molar-refractivity contribution in [1.29, 1.82) is 0 Å². The number of hydrogen-bond acceptors (Lipinski definition) is 6. The molecule has 0 fully saturated rings. The lowest BCUT2D eigenvalue weighted by molar-refractivity contribution is -0.0499. The lowest BCUT2D eigenvalue weighted by Gasteiger charge is -2.16. The maximum absolute atomic E-state index is 12.7. The summed E-state index contributed by atoms with van der Waals surface area (Å²) in [7, 11) is 0. The largest absolute Gasteiger partial charge is 0.434 e. The van der Waals surface area contributed by atoms with Crippen LogP contribution in [0.25, 0.3) is 0 Å². The highest BCUT2D eigenvalue weighted by atomic mass is 32.2. The van der Waals surface area contributed by atoms with E-state index in [0.717, 1.165) is 4.68 Å². The highest BCUT2D eigenvalue weighted by molar-refractivity contribution is 7.98. The molecule has 134 valence electrons. The molecule has 2 rings (SSSR count). The minimum atomic E-state index is -2.95. The summed E-state index contributed by atoms with van der Waals surface area (Å²) in [5.41, 5.74) is -0.333. The number of nitrogens with zero attached hydrogens (tertiary/aromatic N) is 4. The van der Waals surface area contributed by atoms with Gasteiger partial charge in [-0.1, -0.05) is 44.7 Å². The topological polar surface area (TPSA) is 69.4 Å². The second kappa shape index (κ2) is 7.73. The fourth-order valence-electron chi connectivity index (χ4n) is 1.98. The highest BCUT2D eigenvalue weighted by Crippen LogP contribution is 2.20. The van der Waals surface area contributed by atoms with E-state index >= 15 is 0 Å². The van der Waals surface area contributed by atoms with Crippen molar-refractivity contribution in [3.8, 4) is 5.75 Å². The number of para-hydroxylation sites is 1. The van der Waals surface area contributed by atoms with Crippen molar-refractivity contribution in [2.24, 2.45) is 5.10 Å². The SMILES string of the molecule is CSc1nnc(C(C)(C)C)c(=O)n1N=Cc1ccccc1OC(F)F. The van der Waals surface area contributed by atoms with E-state index in [4.69, 9.17) is 0 Å². The van der Waals surface area contributed by atoms with E-state index in [0.29, 0.717) is 10.7 Å². The van der Waals surface area contributed by atoms with Crippen LogP contribution < -0.4 is 10.3 Å². The molecule has 6 nitrogen and oxygen atoms in total. The van der Waals surface area contributed by atoms with Crippen LogP contribution in [0.15, 0.2) is 39.3 Å². The van der Waals surface area contributed by atoms with Crippen molar-refractivity contribution in [2.75, 3.05) is 6.26 Å². The van der Waals surface area contributed by atoms with Gasteiger partial charge in [-0.25, -0.2) is 0 Å². The molecule has 25 heavy (non-hydrogen) atoms. The molecular formula is C16H18F2N4O2S. The minimum Gasteiger partial charge on any atom is -0.434 e. The summed E-state index contributed by atoms with van der Waals surface area (Å²) in [6.07, 6.45) is 3.02. The van der Waals surface area contributed by atoms with Gasteiger partial charge >= 0.3 is 6.61 Å². The molecule has 0 saturated carbocycles. The normalized spacial score (nSPS) is 12.1. The number of alkyl halides is 2. The van der Waals surface area contributed by atoms with Crippen LogP contribution in [0.2, 0.25) is 0 Å². The van der Waals surface area contributed by atoms with E-state index in [1.807, 2.05) is 20.8 Å². The maximum atomic E-state index is 12.7. The number of benzene rings is 1. The molecular weight excluding hydrogens is 350 g/mol. The second-order valence-electron chi connectivity index (χ2n) is 6.06. The Labute approximate surface area is 147 Å². The van der Waals surface area contributed by atoms with E-state index in [1.165, 1.54) is 24.0 Å². The van der Waals surface area contributed by atoms with Gasteiger partial charge in [-0.15, -0.1) is 10.2 Å². The zero-order valence-electron chi connectivity index (χ0n) is 14.2. The Morgan fingerprint density at radius 2 is 1.96 bits per heavy atom. The number of halogens is 2. The smallest absolute Gasteiger partial charge is 0.387 e. The van der Waals surface area contributed by atoms with Gasteiger partial charge in [-0.2, -0.15) is 18.6 Å². The van der Waals surface area contributed by atoms with Gasteiger partial charge in [-0.3, -0.25) is 4.79 Å². The predicted octanol–water partition coefficient (Wildman–Crippen LogP) is 3.14. The predicted molar refractivity (Wildman–Crippen MR) is 92.8 cm³/mol. The quantitative estimate of drug-likeness (QED) is 0.599. The molecule has 0 aliphatic rings. The number of aromatic nitrogens is 3. The van der Waals surface area contributed by atoms with Gasteiger partial charge in [0.15, 0.2) is 0 Å². The standard InChI is InChI=1S/C16H18F2N4O2S/c1-16(2,3)12-13(23)22(15(25-4)21-20-12)19-9-10-7-5-6-8-11(10)24-14(17)18/h5-9,14H,1-4H3. The molecule has 1 aromatic carbocycles. The van der Waals surface area contributed by atoms with Crippen molar-refractivity contribution in [1.82, 2.24) is 14.9 Å². The van der Waals surface area contributed by atoms with E-state index in [-0.39, 0.29) is 11.4 Å². The first-order chi connectivity index (χ1) is 11.7. The average Bonchev–Trinajstić information content (AvgIpc) is 2.53. The van der Waals surface area contributed by atoms with Gasteiger partial charge in [0.1, 0.15) is 11.4 Å². The van der Waals surface area contributed by atoms with Crippen LogP contribution in [0.5, 0.6) is 5.75 Å². The van der Waals surface area contributed by atoms with Crippen LogP contribution in [-0.2, 0) is 5.41 Å². The second-order valence-corrected chi connectivity index (χ2v) is 6.84. The Hall–Kier alpha value is -2.29. The number of thioether (sulfide) groups is 1. The lowest BCUT2D eigenvalue weighted by atomic mass is 9.93. The Morgan fingerprint density at radius 1 is 1.28 bits per heavy atom. The summed E-state index contributed by atoms with van der Waals surface area (Å²) in [6.45, 7) is 2.58. The fraction of sp³-hybridized carbons (Fsp3) is 0.375. The molecule has 0 aliphatic heterocycles. The molecule has 0 aliphatic carbocycles. The first-order valence-electron chi connectivity index (χ1n) is 7.36. The number of ether oxygens (including phenoxy) is 1. The molecule has 1 heterocycles. The molecule has 0 amide bonds. The lowest BCUT2D eigenvalue weighted by Crippen LogP contribution is -2.32. The van der Waals surface area contributed by atoms with E-state index in [1.54, 1.807) is 24.5 Å². The number of hydrogen-bond donors (Lipinski definition) is 0. The fourth-order valence-corrected chi connectivity index (χ4v) is 2.40. The van der Waals surface area contributed by atoms with Crippen molar-refractivity contribution in [3.05, 3.63) is 45.9 Å². The minimum absolute atomic E-state index is 0.0296. The third kappa shape index (κ3) is 4.62. The van der Waals surface area contributed by atoms with E-state index < -0.39 is 17.6 Å². The Balaban J connectivity index is 2.50. The highest BCUT2D eigenvalue weighted by Gasteiger charge is 2.23. The van der Waals surface area contributed by atoms with Crippen LogP contribution in [0, 0.1) is 0 Å². The van der Waals surface area contributed by atoms with Crippen molar-refractivity contribution in [3.63, 3.8) is 0 Å². The zero-order valence-corrected chi connectivity index (χ0v) is 15.1. The summed E-state index contributed by atoms with van der Waals surface area (Å²) in [4.78, 5) is 12.7. The van der Waals surface area contributed by atoms with Gasteiger partial charge in [0.2, 0.25) is 5.16 Å². The van der Waals surface area contributed by atoms with Gasteiger partial charge in [0, 0.05) is 11.0 Å². The molecule has 2 aromatic rings. The van der Waals surface area contributed by atoms with Gasteiger partial charge in [-0.05, 0) is 18.4 Å². The monoisotopic (exact) mass is 368 g/mol. The molecule has 0 atom stereocenters. The number of rotatable bonds is 5. The summed E-state index contributed by atoms with van der Waals surface area (Å²) < 4.78 is 30.5. The molecule has 1 aromatic heterocycles. The van der Waals surface area contributed by atoms with Crippen LogP contribution in [0.3, 0.4) is 0 Å². The first-order valence-corrected chi connectivity index (χ1v) is 8.59. The van der Waals surface area contributed by atoms with Crippen LogP contribution in [-0.4, -0.2) is 34.0 Å². The Morgan fingerprint density at radius 3 is 2.56 bits per heavy atom. The van der Waals surface area contributed by atoms with Gasteiger partial charge in [0.05, 0.1) is 6.21 Å². The third-order valence-corrected chi connectivity index (χ3v) is 3.77. The maximum Gasteiger partial charge on any atom is 0.387 e. The molecule has 0 unspecified atom stereocenters. The summed E-state index contributed by atoms with van der Waals surface area (Å²) in [5, 5.41) is 12.4.